The second kappa shape index (κ2) is 7.04. The molecule has 0 atom stereocenters. The highest BCUT2D eigenvalue weighted by Crippen LogP contribution is 2.29. The van der Waals surface area contributed by atoms with Crippen LogP contribution >= 0.6 is 0 Å². The SMILES string of the molecule is Cc1cc(F)ccc1CNCCC1CCC(C)CC1. The third-order valence-corrected chi connectivity index (χ3v) is 4.48. The maximum atomic E-state index is 13.0. The zero-order valence-electron chi connectivity index (χ0n) is 12.2. The highest BCUT2D eigenvalue weighted by atomic mass is 19.1. The first-order chi connectivity index (χ1) is 9.15. The molecule has 0 bridgehead atoms. The van der Waals surface area contributed by atoms with E-state index in [0.717, 1.165) is 30.5 Å². The minimum atomic E-state index is -0.141. The van der Waals surface area contributed by atoms with E-state index in [1.165, 1.54) is 37.7 Å². The van der Waals surface area contributed by atoms with Crippen molar-refractivity contribution in [1.29, 1.82) is 0 Å². The molecule has 1 aromatic carbocycles. The topological polar surface area (TPSA) is 12.0 Å². The summed E-state index contributed by atoms with van der Waals surface area (Å²) in [5.41, 5.74) is 2.25. The summed E-state index contributed by atoms with van der Waals surface area (Å²) in [5.74, 6) is 1.71. The number of hydrogen-bond acceptors (Lipinski definition) is 1. The number of nitrogens with one attached hydrogen (secondary N) is 1. The first kappa shape index (κ1) is 14.5. The average molecular weight is 263 g/mol. The lowest BCUT2D eigenvalue weighted by molar-refractivity contribution is 0.275. The Bertz CT molecular complexity index is 394. The lowest BCUT2D eigenvalue weighted by Gasteiger charge is -2.26. The van der Waals surface area contributed by atoms with Gasteiger partial charge in [-0.15, -0.1) is 0 Å². The van der Waals surface area contributed by atoms with Crippen molar-refractivity contribution in [3.8, 4) is 0 Å². The van der Waals surface area contributed by atoms with E-state index in [4.69, 9.17) is 0 Å². The normalized spacial score (nSPS) is 23.5. The number of hydrogen-bond donors (Lipinski definition) is 1. The molecule has 0 heterocycles. The zero-order chi connectivity index (χ0) is 13.7. The molecule has 1 nitrogen and oxygen atoms in total. The van der Waals surface area contributed by atoms with Gasteiger partial charge in [-0.3, -0.25) is 0 Å². The average Bonchev–Trinajstić information content (AvgIpc) is 2.39. The molecule has 2 rings (SSSR count). The minimum Gasteiger partial charge on any atom is -0.313 e. The Hall–Kier alpha value is -0.890. The monoisotopic (exact) mass is 263 g/mol. The van der Waals surface area contributed by atoms with Gasteiger partial charge in [-0.1, -0.05) is 38.7 Å². The first-order valence-corrected chi connectivity index (χ1v) is 7.61. The molecule has 1 aliphatic carbocycles. The van der Waals surface area contributed by atoms with E-state index in [0.29, 0.717) is 0 Å². The molecule has 2 heteroatoms. The summed E-state index contributed by atoms with van der Waals surface area (Å²) < 4.78 is 13.0. The van der Waals surface area contributed by atoms with Gasteiger partial charge in [0.05, 0.1) is 0 Å². The molecule has 0 radical (unpaired) electrons. The highest BCUT2D eigenvalue weighted by molar-refractivity contribution is 5.26. The van der Waals surface area contributed by atoms with Gasteiger partial charge in [-0.25, -0.2) is 4.39 Å². The standard InChI is InChI=1S/C17H26FN/c1-13-3-5-15(6-4-13)9-10-19-12-16-7-8-17(18)11-14(16)2/h7-8,11,13,15,19H,3-6,9-10,12H2,1-2H3. The first-order valence-electron chi connectivity index (χ1n) is 7.61. The van der Waals surface area contributed by atoms with Gasteiger partial charge >= 0.3 is 0 Å². The molecule has 0 spiro atoms. The van der Waals surface area contributed by atoms with Crippen LogP contribution in [0.4, 0.5) is 4.39 Å². The molecule has 1 saturated carbocycles. The number of aryl methyl sites for hydroxylation is 1. The molecule has 0 amide bonds. The van der Waals surface area contributed by atoms with Gasteiger partial charge < -0.3 is 5.32 Å². The molecule has 106 valence electrons. The van der Waals surface area contributed by atoms with Crippen LogP contribution in [0.3, 0.4) is 0 Å². The number of rotatable bonds is 5. The van der Waals surface area contributed by atoms with Crippen LogP contribution in [0.15, 0.2) is 18.2 Å². The zero-order valence-corrected chi connectivity index (χ0v) is 12.2. The quantitative estimate of drug-likeness (QED) is 0.774. The van der Waals surface area contributed by atoms with Gasteiger partial charge in [0.1, 0.15) is 5.82 Å². The molecular weight excluding hydrogens is 237 g/mol. The summed E-state index contributed by atoms with van der Waals surface area (Å²) in [6.45, 7) is 6.28. The van der Waals surface area contributed by atoms with Gasteiger partial charge in [0.25, 0.3) is 0 Å². The fraction of sp³-hybridized carbons (Fsp3) is 0.647. The van der Waals surface area contributed by atoms with E-state index in [1.807, 2.05) is 13.0 Å². The molecule has 19 heavy (non-hydrogen) atoms. The van der Waals surface area contributed by atoms with Crippen molar-refractivity contribution in [3.63, 3.8) is 0 Å². The van der Waals surface area contributed by atoms with Crippen LogP contribution in [0.2, 0.25) is 0 Å². The van der Waals surface area contributed by atoms with Crippen molar-refractivity contribution in [2.45, 2.75) is 52.5 Å². The van der Waals surface area contributed by atoms with E-state index < -0.39 is 0 Å². The van der Waals surface area contributed by atoms with E-state index in [2.05, 4.69) is 12.2 Å². The highest BCUT2D eigenvalue weighted by Gasteiger charge is 2.17. The van der Waals surface area contributed by atoms with Crippen molar-refractivity contribution in [2.24, 2.45) is 11.8 Å². The third-order valence-electron chi connectivity index (χ3n) is 4.48. The van der Waals surface area contributed by atoms with Crippen LogP contribution in [0.5, 0.6) is 0 Å². The fourth-order valence-corrected chi connectivity index (χ4v) is 3.00. The predicted molar refractivity (Wildman–Crippen MR) is 78.6 cm³/mol. The summed E-state index contributed by atoms with van der Waals surface area (Å²) in [4.78, 5) is 0. The maximum absolute atomic E-state index is 13.0. The van der Waals surface area contributed by atoms with E-state index in [-0.39, 0.29) is 5.82 Å². The second-order valence-electron chi connectivity index (χ2n) is 6.16. The largest absolute Gasteiger partial charge is 0.313 e. The maximum Gasteiger partial charge on any atom is 0.123 e. The van der Waals surface area contributed by atoms with E-state index in [1.54, 1.807) is 12.1 Å². The minimum absolute atomic E-state index is 0.141. The van der Waals surface area contributed by atoms with Gasteiger partial charge in [0, 0.05) is 6.54 Å². The summed E-state index contributed by atoms with van der Waals surface area (Å²) >= 11 is 0. The Morgan fingerprint density at radius 2 is 1.95 bits per heavy atom. The lowest BCUT2D eigenvalue weighted by Crippen LogP contribution is -2.20. The molecule has 0 aromatic heterocycles. The molecule has 1 N–H and O–H groups in total. The van der Waals surface area contributed by atoms with Crippen molar-refractivity contribution >= 4 is 0 Å². The van der Waals surface area contributed by atoms with Crippen molar-refractivity contribution in [3.05, 3.63) is 35.1 Å². The van der Waals surface area contributed by atoms with Crippen LogP contribution in [0, 0.1) is 24.6 Å². The number of benzene rings is 1. The van der Waals surface area contributed by atoms with Crippen LogP contribution in [0.1, 0.15) is 50.2 Å². The molecular formula is C17H26FN. The summed E-state index contributed by atoms with van der Waals surface area (Å²) in [6.07, 6.45) is 6.90. The van der Waals surface area contributed by atoms with Crippen molar-refractivity contribution in [2.75, 3.05) is 6.54 Å². The Morgan fingerprint density at radius 3 is 2.63 bits per heavy atom. The van der Waals surface area contributed by atoms with Crippen LogP contribution in [-0.4, -0.2) is 6.54 Å². The lowest BCUT2D eigenvalue weighted by atomic mass is 9.81. The van der Waals surface area contributed by atoms with Crippen LogP contribution < -0.4 is 5.32 Å². The Balaban J connectivity index is 1.66. The van der Waals surface area contributed by atoms with E-state index >= 15 is 0 Å². The fourth-order valence-electron chi connectivity index (χ4n) is 3.00. The third kappa shape index (κ3) is 4.61. The summed E-state index contributed by atoms with van der Waals surface area (Å²) in [5, 5.41) is 3.50. The van der Waals surface area contributed by atoms with Gasteiger partial charge in [-0.05, 0) is 55.0 Å². The summed E-state index contributed by atoms with van der Waals surface area (Å²) in [6, 6.07) is 5.05. The molecule has 1 aromatic rings. The number of halogens is 1. The second-order valence-corrected chi connectivity index (χ2v) is 6.16. The Morgan fingerprint density at radius 1 is 1.21 bits per heavy atom. The predicted octanol–water partition coefficient (Wildman–Crippen LogP) is 4.44. The molecule has 1 aliphatic rings. The molecule has 0 aliphatic heterocycles. The van der Waals surface area contributed by atoms with Crippen LogP contribution in [-0.2, 0) is 6.54 Å². The van der Waals surface area contributed by atoms with Crippen molar-refractivity contribution in [1.82, 2.24) is 5.32 Å². The van der Waals surface area contributed by atoms with E-state index in [9.17, 15) is 4.39 Å². The Labute approximate surface area is 116 Å². The van der Waals surface area contributed by atoms with Gasteiger partial charge in [0.2, 0.25) is 0 Å². The summed E-state index contributed by atoms with van der Waals surface area (Å²) in [7, 11) is 0. The molecule has 0 saturated heterocycles. The van der Waals surface area contributed by atoms with Crippen molar-refractivity contribution < 1.29 is 4.39 Å². The Kier molecular flexibility index (Phi) is 5.38. The van der Waals surface area contributed by atoms with Crippen LogP contribution in [0.25, 0.3) is 0 Å². The van der Waals surface area contributed by atoms with Gasteiger partial charge in [-0.2, -0.15) is 0 Å². The van der Waals surface area contributed by atoms with Gasteiger partial charge in [0.15, 0.2) is 0 Å². The smallest absolute Gasteiger partial charge is 0.123 e. The molecule has 0 unspecified atom stereocenters. The molecule has 1 fully saturated rings.